The van der Waals surface area contributed by atoms with Crippen LogP contribution in [0.3, 0.4) is 0 Å². The number of nitrogens with two attached hydrogens (primary N) is 1. The van der Waals surface area contributed by atoms with E-state index in [1.807, 2.05) is 30.3 Å². The van der Waals surface area contributed by atoms with E-state index in [0.29, 0.717) is 13.0 Å². The number of piperidine rings is 1. The third kappa shape index (κ3) is 4.13. The number of primary amides is 1. The van der Waals surface area contributed by atoms with Crippen LogP contribution in [0, 0.1) is 0 Å². The minimum atomic E-state index is -0.785. The molecular weight excluding hydrogens is 364 g/mol. The van der Waals surface area contributed by atoms with Crippen molar-refractivity contribution < 1.29 is 23.9 Å². The molecule has 0 aliphatic carbocycles. The first-order valence-electron chi connectivity index (χ1n) is 8.96. The van der Waals surface area contributed by atoms with Crippen LogP contribution in [0.15, 0.2) is 36.5 Å². The Kier molecular flexibility index (Phi) is 5.93. The molecule has 1 aliphatic heterocycles. The van der Waals surface area contributed by atoms with E-state index < -0.39 is 30.4 Å². The van der Waals surface area contributed by atoms with Gasteiger partial charge in [0.2, 0.25) is 11.6 Å². The van der Waals surface area contributed by atoms with Gasteiger partial charge in [0.1, 0.15) is 6.04 Å². The Balaban J connectivity index is 1.68. The summed E-state index contributed by atoms with van der Waals surface area (Å²) < 4.78 is 11.8. The van der Waals surface area contributed by atoms with Gasteiger partial charge in [-0.15, -0.1) is 0 Å². The number of hydrogen-bond acceptors (Lipinski definition) is 6. The molecule has 1 fully saturated rings. The highest BCUT2D eigenvalue weighted by Crippen LogP contribution is 2.21. The molecule has 2 amide bonds. The quantitative estimate of drug-likeness (QED) is 0.738. The molecule has 0 spiro atoms. The fourth-order valence-corrected chi connectivity index (χ4v) is 3.17. The largest absolute Gasteiger partial charge is 0.493 e. The van der Waals surface area contributed by atoms with Gasteiger partial charge in [-0.2, -0.15) is 5.10 Å². The molecule has 148 valence electrons. The number of para-hydroxylation sites is 1. The summed E-state index contributed by atoms with van der Waals surface area (Å²) in [6.45, 7) is -0.0834. The normalized spacial score (nSPS) is 16.5. The van der Waals surface area contributed by atoms with Gasteiger partial charge in [0.15, 0.2) is 12.4 Å². The number of ether oxygens (including phenoxy) is 2. The highest BCUT2D eigenvalue weighted by Gasteiger charge is 2.31. The summed E-state index contributed by atoms with van der Waals surface area (Å²) in [7, 11) is 1.42. The van der Waals surface area contributed by atoms with Crippen molar-refractivity contribution >= 4 is 17.8 Å². The van der Waals surface area contributed by atoms with Crippen LogP contribution in [0.25, 0.3) is 5.69 Å². The molecule has 0 saturated carbocycles. The third-order valence-electron chi connectivity index (χ3n) is 4.59. The molecule has 1 aliphatic rings. The molecule has 9 heteroatoms. The number of esters is 1. The van der Waals surface area contributed by atoms with Gasteiger partial charge < -0.3 is 20.1 Å². The van der Waals surface area contributed by atoms with Crippen LogP contribution in [0.2, 0.25) is 0 Å². The lowest BCUT2D eigenvalue weighted by Gasteiger charge is -2.33. The highest BCUT2D eigenvalue weighted by atomic mass is 16.5. The van der Waals surface area contributed by atoms with E-state index in [9.17, 15) is 14.4 Å². The summed E-state index contributed by atoms with van der Waals surface area (Å²) in [5, 5.41) is 4.20. The van der Waals surface area contributed by atoms with Gasteiger partial charge in [-0.25, -0.2) is 9.48 Å². The first-order chi connectivity index (χ1) is 13.5. The minimum absolute atomic E-state index is 0.0377. The van der Waals surface area contributed by atoms with Gasteiger partial charge in [-0.1, -0.05) is 18.2 Å². The molecule has 28 heavy (non-hydrogen) atoms. The molecule has 1 aromatic heterocycles. The van der Waals surface area contributed by atoms with Crippen LogP contribution < -0.4 is 10.5 Å². The number of carbonyl (C=O) groups excluding carboxylic acids is 3. The monoisotopic (exact) mass is 386 g/mol. The van der Waals surface area contributed by atoms with Gasteiger partial charge in [-0.3, -0.25) is 9.59 Å². The van der Waals surface area contributed by atoms with Crippen LogP contribution in [0.1, 0.15) is 29.8 Å². The zero-order valence-corrected chi connectivity index (χ0v) is 15.5. The van der Waals surface area contributed by atoms with Crippen LogP contribution in [0.4, 0.5) is 0 Å². The van der Waals surface area contributed by atoms with E-state index in [0.717, 1.165) is 18.5 Å². The maximum absolute atomic E-state index is 12.4. The van der Waals surface area contributed by atoms with Crippen LogP contribution in [-0.4, -0.2) is 58.8 Å². The zero-order chi connectivity index (χ0) is 20.1. The number of benzene rings is 1. The average molecular weight is 386 g/mol. The Morgan fingerprint density at radius 3 is 2.64 bits per heavy atom. The summed E-state index contributed by atoms with van der Waals surface area (Å²) in [4.78, 5) is 37.8. The highest BCUT2D eigenvalue weighted by molar-refractivity contribution is 5.93. The number of hydrogen-bond donors (Lipinski definition) is 1. The van der Waals surface area contributed by atoms with Gasteiger partial charge >= 0.3 is 5.97 Å². The molecule has 2 aromatic rings. The van der Waals surface area contributed by atoms with E-state index in [-0.39, 0.29) is 11.4 Å². The van der Waals surface area contributed by atoms with E-state index >= 15 is 0 Å². The molecule has 1 saturated heterocycles. The molecule has 2 heterocycles. The Labute approximate surface area is 162 Å². The molecule has 2 N–H and O–H groups in total. The predicted octanol–water partition coefficient (Wildman–Crippen LogP) is 0.904. The van der Waals surface area contributed by atoms with Crippen molar-refractivity contribution in [3.8, 4) is 11.4 Å². The van der Waals surface area contributed by atoms with Gasteiger partial charge in [0, 0.05) is 6.54 Å². The van der Waals surface area contributed by atoms with Crippen molar-refractivity contribution in [1.82, 2.24) is 14.7 Å². The van der Waals surface area contributed by atoms with Gasteiger partial charge in [0.05, 0.1) is 19.0 Å². The zero-order valence-electron chi connectivity index (χ0n) is 15.5. The second kappa shape index (κ2) is 8.55. The standard InChI is InChI=1S/C19H22N4O5/c1-27-15-11-23(13-7-3-2-4-8-13)21-17(15)19(26)28-12-16(24)22-10-6-5-9-14(22)18(20)25/h2-4,7-8,11,14H,5-6,9-10,12H2,1H3,(H2,20,25)/t14-/m1/s1. The lowest BCUT2D eigenvalue weighted by Crippen LogP contribution is -2.51. The smallest absolute Gasteiger partial charge is 0.363 e. The average Bonchev–Trinajstić information content (AvgIpc) is 3.17. The Morgan fingerprint density at radius 2 is 1.96 bits per heavy atom. The summed E-state index contributed by atoms with van der Waals surface area (Å²) in [5.74, 6) is -1.57. The Hall–Kier alpha value is -3.36. The van der Waals surface area contributed by atoms with E-state index in [1.54, 1.807) is 6.20 Å². The molecule has 9 nitrogen and oxygen atoms in total. The molecule has 0 bridgehead atoms. The molecule has 1 atom stereocenters. The van der Waals surface area contributed by atoms with E-state index in [2.05, 4.69) is 5.10 Å². The van der Waals surface area contributed by atoms with Crippen LogP contribution in [-0.2, 0) is 14.3 Å². The van der Waals surface area contributed by atoms with E-state index in [1.165, 1.54) is 16.7 Å². The second-order valence-corrected chi connectivity index (χ2v) is 6.40. The molecule has 3 rings (SSSR count). The summed E-state index contributed by atoms with van der Waals surface area (Å²) in [5.41, 5.74) is 6.07. The lowest BCUT2D eigenvalue weighted by molar-refractivity contribution is -0.143. The van der Waals surface area contributed by atoms with Crippen molar-refractivity contribution in [2.24, 2.45) is 5.73 Å². The summed E-state index contributed by atoms with van der Waals surface area (Å²) in [6, 6.07) is 8.54. The summed E-state index contributed by atoms with van der Waals surface area (Å²) in [6.07, 6.45) is 3.68. The number of carbonyl (C=O) groups is 3. The fourth-order valence-electron chi connectivity index (χ4n) is 3.17. The Morgan fingerprint density at radius 1 is 1.21 bits per heavy atom. The SMILES string of the molecule is COc1cn(-c2ccccc2)nc1C(=O)OCC(=O)N1CCCC[C@@H]1C(N)=O. The first kappa shape index (κ1) is 19.4. The third-order valence-corrected chi connectivity index (χ3v) is 4.59. The van der Waals surface area contributed by atoms with Crippen molar-refractivity contribution in [3.05, 3.63) is 42.2 Å². The molecular formula is C19H22N4O5. The molecule has 0 unspecified atom stereocenters. The van der Waals surface area contributed by atoms with Crippen LogP contribution in [0.5, 0.6) is 5.75 Å². The molecule has 1 aromatic carbocycles. The Bertz CT molecular complexity index is 864. The van der Waals surface area contributed by atoms with Crippen molar-refractivity contribution in [2.45, 2.75) is 25.3 Å². The number of likely N-dealkylation sites (tertiary alicyclic amines) is 1. The number of methoxy groups -OCH3 is 1. The molecule has 0 radical (unpaired) electrons. The second-order valence-electron chi connectivity index (χ2n) is 6.40. The lowest BCUT2D eigenvalue weighted by atomic mass is 10.0. The number of nitrogens with zero attached hydrogens (tertiary/aromatic N) is 3. The number of amides is 2. The fraction of sp³-hybridized carbons (Fsp3) is 0.368. The van der Waals surface area contributed by atoms with Crippen molar-refractivity contribution in [1.29, 1.82) is 0 Å². The maximum atomic E-state index is 12.4. The van der Waals surface area contributed by atoms with Crippen molar-refractivity contribution in [3.63, 3.8) is 0 Å². The predicted molar refractivity (Wildman–Crippen MR) is 98.9 cm³/mol. The topological polar surface area (TPSA) is 117 Å². The van der Waals surface area contributed by atoms with Crippen LogP contribution >= 0.6 is 0 Å². The van der Waals surface area contributed by atoms with Gasteiger partial charge in [-0.05, 0) is 31.4 Å². The number of aromatic nitrogens is 2. The number of rotatable bonds is 6. The maximum Gasteiger partial charge on any atom is 0.363 e. The van der Waals surface area contributed by atoms with Gasteiger partial charge in [0.25, 0.3) is 5.91 Å². The minimum Gasteiger partial charge on any atom is -0.493 e. The van der Waals surface area contributed by atoms with Crippen molar-refractivity contribution in [2.75, 3.05) is 20.3 Å². The first-order valence-corrected chi connectivity index (χ1v) is 8.96. The summed E-state index contributed by atoms with van der Waals surface area (Å²) >= 11 is 0. The van der Waals surface area contributed by atoms with E-state index in [4.69, 9.17) is 15.2 Å².